The summed E-state index contributed by atoms with van der Waals surface area (Å²) in [6.07, 6.45) is 1.82. The zero-order valence-electron chi connectivity index (χ0n) is 10.7. The molecule has 1 aliphatic rings. The van der Waals surface area contributed by atoms with Crippen LogP contribution in [0.15, 0.2) is 0 Å². The van der Waals surface area contributed by atoms with Crippen LogP contribution in [0.2, 0.25) is 0 Å². The van der Waals surface area contributed by atoms with E-state index < -0.39 is 11.5 Å². The van der Waals surface area contributed by atoms with Crippen molar-refractivity contribution in [1.82, 2.24) is 5.32 Å². The van der Waals surface area contributed by atoms with Crippen LogP contribution in [-0.4, -0.2) is 28.1 Å². The molecule has 0 bridgehead atoms. The van der Waals surface area contributed by atoms with Crippen molar-refractivity contribution in [1.29, 1.82) is 0 Å². The molecule has 1 fully saturated rings. The fourth-order valence-corrected chi connectivity index (χ4v) is 2.08. The molecule has 0 aromatic heterocycles. The number of aliphatic carboxylic acids is 1. The van der Waals surface area contributed by atoms with E-state index in [2.05, 4.69) is 5.32 Å². The predicted octanol–water partition coefficient (Wildman–Crippen LogP) is 0.873. The SMILES string of the molecule is CC(C)(C)NC(=O)C1CCC(N)(C(=O)O)CC1. The molecule has 0 spiro atoms. The Kier molecular flexibility index (Phi) is 3.81. The second kappa shape index (κ2) is 4.64. The average Bonchev–Trinajstić information content (AvgIpc) is 2.15. The summed E-state index contributed by atoms with van der Waals surface area (Å²) in [6, 6.07) is 0. The standard InChI is InChI=1S/C12H22N2O3/c1-11(2,3)14-9(15)8-4-6-12(13,7-5-8)10(16)17/h8H,4-7,13H2,1-3H3,(H,14,15)(H,16,17). The highest BCUT2D eigenvalue weighted by Crippen LogP contribution is 2.31. The molecule has 0 aromatic carbocycles. The quantitative estimate of drug-likeness (QED) is 0.670. The van der Waals surface area contributed by atoms with Crippen LogP contribution in [0.4, 0.5) is 0 Å². The molecule has 0 atom stereocenters. The van der Waals surface area contributed by atoms with Gasteiger partial charge in [-0.05, 0) is 46.5 Å². The highest BCUT2D eigenvalue weighted by Gasteiger charge is 2.40. The van der Waals surface area contributed by atoms with E-state index in [1.165, 1.54) is 0 Å². The number of carboxylic acid groups (broad SMARTS) is 1. The van der Waals surface area contributed by atoms with E-state index in [0.717, 1.165) is 0 Å². The summed E-state index contributed by atoms with van der Waals surface area (Å²) < 4.78 is 0. The van der Waals surface area contributed by atoms with Crippen molar-refractivity contribution in [3.05, 3.63) is 0 Å². The number of nitrogens with one attached hydrogen (secondary N) is 1. The monoisotopic (exact) mass is 242 g/mol. The van der Waals surface area contributed by atoms with Crippen LogP contribution in [-0.2, 0) is 9.59 Å². The molecule has 1 amide bonds. The molecule has 0 aromatic rings. The van der Waals surface area contributed by atoms with Crippen LogP contribution >= 0.6 is 0 Å². The van der Waals surface area contributed by atoms with Gasteiger partial charge in [0.1, 0.15) is 5.54 Å². The number of nitrogens with two attached hydrogens (primary N) is 1. The maximum absolute atomic E-state index is 11.9. The van der Waals surface area contributed by atoms with Gasteiger partial charge in [-0.3, -0.25) is 9.59 Å². The van der Waals surface area contributed by atoms with Gasteiger partial charge in [0, 0.05) is 11.5 Å². The van der Waals surface area contributed by atoms with Crippen molar-refractivity contribution < 1.29 is 14.7 Å². The summed E-state index contributed by atoms with van der Waals surface area (Å²) in [5.74, 6) is -1.07. The molecule has 1 saturated carbocycles. The highest BCUT2D eigenvalue weighted by atomic mass is 16.4. The largest absolute Gasteiger partial charge is 0.480 e. The summed E-state index contributed by atoms with van der Waals surface area (Å²) in [7, 11) is 0. The first kappa shape index (κ1) is 14.0. The Morgan fingerprint density at radius 1 is 1.29 bits per heavy atom. The third-order valence-electron chi connectivity index (χ3n) is 3.17. The van der Waals surface area contributed by atoms with E-state index in [0.29, 0.717) is 25.7 Å². The molecular weight excluding hydrogens is 220 g/mol. The van der Waals surface area contributed by atoms with Crippen molar-refractivity contribution in [3.63, 3.8) is 0 Å². The lowest BCUT2D eigenvalue weighted by atomic mass is 9.76. The van der Waals surface area contributed by atoms with Crippen LogP contribution < -0.4 is 11.1 Å². The van der Waals surface area contributed by atoms with Crippen LogP contribution in [0.25, 0.3) is 0 Å². The number of amides is 1. The number of carbonyl (C=O) groups excluding carboxylic acids is 1. The van der Waals surface area contributed by atoms with E-state index in [-0.39, 0.29) is 17.4 Å². The fraction of sp³-hybridized carbons (Fsp3) is 0.833. The van der Waals surface area contributed by atoms with E-state index in [4.69, 9.17) is 10.8 Å². The Morgan fingerprint density at radius 2 is 1.76 bits per heavy atom. The van der Waals surface area contributed by atoms with Gasteiger partial charge in [0.05, 0.1) is 0 Å². The molecule has 1 rings (SSSR count). The van der Waals surface area contributed by atoms with Crippen LogP contribution in [0.1, 0.15) is 46.5 Å². The van der Waals surface area contributed by atoms with E-state index >= 15 is 0 Å². The Morgan fingerprint density at radius 3 is 2.12 bits per heavy atom. The van der Waals surface area contributed by atoms with E-state index in [1.54, 1.807) is 0 Å². The van der Waals surface area contributed by atoms with Crippen molar-refractivity contribution in [2.24, 2.45) is 11.7 Å². The number of carbonyl (C=O) groups is 2. The average molecular weight is 242 g/mol. The molecule has 0 unspecified atom stereocenters. The smallest absolute Gasteiger partial charge is 0.323 e. The minimum absolute atomic E-state index is 0.00457. The molecule has 4 N–H and O–H groups in total. The lowest BCUT2D eigenvalue weighted by Gasteiger charge is -2.34. The molecule has 5 nitrogen and oxygen atoms in total. The first-order chi connectivity index (χ1) is 7.64. The topological polar surface area (TPSA) is 92.4 Å². The fourth-order valence-electron chi connectivity index (χ4n) is 2.08. The number of carboxylic acids is 1. The van der Waals surface area contributed by atoms with Crippen LogP contribution in [0, 0.1) is 5.92 Å². The first-order valence-electron chi connectivity index (χ1n) is 5.98. The second-order valence-electron chi connectivity index (χ2n) is 5.97. The van der Waals surface area contributed by atoms with Gasteiger partial charge in [-0.1, -0.05) is 0 Å². The van der Waals surface area contributed by atoms with Crippen molar-refractivity contribution in [3.8, 4) is 0 Å². The zero-order valence-corrected chi connectivity index (χ0v) is 10.7. The van der Waals surface area contributed by atoms with Gasteiger partial charge < -0.3 is 16.2 Å². The number of rotatable bonds is 2. The third-order valence-corrected chi connectivity index (χ3v) is 3.17. The summed E-state index contributed by atoms with van der Waals surface area (Å²) in [5.41, 5.74) is 4.37. The maximum Gasteiger partial charge on any atom is 0.323 e. The minimum Gasteiger partial charge on any atom is -0.480 e. The van der Waals surface area contributed by atoms with Gasteiger partial charge in [0.25, 0.3) is 0 Å². The molecule has 1 aliphatic carbocycles. The molecule has 0 radical (unpaired) electrons. The molecule has 0 saturated heterocycles. The van der Waals surface area contributed by atoms with Crippen molar-refractivity contribution >= 4 is 11.9 Å². The molecular formula is C12H22N2O3. The van der Waals surface area contributed by atoms with Gasteiger partial charge in [-0.15, -0.1) is 0 Å². The zero-order chi connectivity index (χ0) is 13.3. The Balaban J connectivity index is 2.53. The van der Waals surface area contributed by atoms with Gasteiger partial charge >= 0.3 is 5.97 Å². The van der Waals surface area contributed by atoms with Crippen molar-refractivity contribution in [2.45, 2.75) is 57.5 Å². The van der Waals surface area contributed by atoms with E-state index in [1.807, 2.05) is 20.8 Å². The van der Waals surface area contributed by atoms with Crippen molar-refractivity contribution in [2.75, 3.05) is 0 Å². The van der Waals surface area contributed by atoms with Crippen LogP contribution in [0.3, 0.4) is 0 Å². The summed E-state index contributed by atoms with van der Waals surface area (Å²) >= 11 is 0. The minimum atomic E-state index is -1.14. The van der Waals surface area contributed by atoms with Gasteiger partial charge in [0.15, 0.2) is 0 Å². The van der Waals surface area contributed by atoms with Crippen LogP contribution in [0.5, 0.6) is 0 Å². The first-order valence-corrected chi connectivity index (χ1v) is 5.98. The number of hydrogen-bond donors (Lipinski definition) is 3. The Labute approximate surface area is 102 Å². The number of hydrogen-bond acceptors (Lipinski definition) is 3. The second-order valence-corrected chi connectivity index (χ2v) is 5.97. The van der Waals surface area contributed by atoms with Gasteiger partial charge in [-0.25, -0.2) is 0 Å². The summed E-state index contributed by atoms with van der Waals surface area (Å²) in [6.45, 7) is 5.79. The Bertz CT molecular complexity index is 312. The maximum atomic E-state index is 11.9. The summed E-state index contributed by atoms with van der Waals surface area (Å²) in [4.78, 5) is 22.9. The third kappa shape index (κ3) is 3.70. The molecule has 0 aliphatic heterocycles. The highest BCUT2D eigenvalue weighted by molar-refractivity contribution is 5.81. The summed E-state index contributed by atoms with van der Waals surface area (Å²) in [5, 5.41) is 11.9. The molecule has 98 valence electrons. The van der Waals surface area contributed by atoms with E-state index in [9.17, 15) is 9.59 Å². The van der Waals surface area contributed by atoms with Gasteiger partial charge in [0.2, 0.25) is 5.91 Å². The lowest BCUT2D eigenvalue weighted by Crippen LogP contribution is -2.52. The lowest BCUT2D eigenvalue weighted by molar-refractivity contribution is -0.146. The normalized spacial score (nSPS) is 29.8. The molecule has 0 heterocycles. The Hall–Kier alpha value is -1.10. The van der Waals surface area contributed by atoms with Gasteiger partial charge in [-0.2, -0.15) is 0 Å². The molecule has 5 heteroatoms. The molecule has 17 heavy (non-hydrogen) atoms. The predicted molar refractivity (Wildman–Crippen MR) is 64.4 cm³/mol.